The summed E-state index contributed by atoms with van der Waals surface area (Å²) in [5, 5.41) is 5.82. The van der Waals surface area contributed by atoms with Gasteiger partial charge in [0.1, 0.15) is 0 Å². The second-order valence-electron chi connectivity index (χ2n) is 9.63. The van der Waals surface area contributed by atoms with E-state index in [1.54, 1.807) is 12.1 Å². The Hall–Kier alpha value is -3.01. The van der Waals surface area contributed by atoms with Gasteiger partial charge in [0.25, 0.3) is 5.92 Å². The van der Waals surface area contributed by atoms with Gasteiger partial charge in [-0.25, -0.2) is 8.78 Å². The van der Waals surface area contributed by atoms with Gasteiger partial charge in [-0.05, 0) is 39.8 Å². The molecular formula is C27H25F2NO. The van der Waals surface area contributed by atoms with Gasteiger partial charge in [-0.15, -0.1) is 0 Å². The lowest BCUT2D eigenvalue weighted by Gasteiger charge is -2.40. The molecule has 5 rings (SSSR count). The molecule has 1 N–H and O–H groups in total. The highest BCUT2D eigenvalue weighted by molar-refractivity contribution is 6.12. The van der Waals surface area contributed by atoms with Gasteiger partial charge in [0, 0.05) is 35.7 Å². The molecule has 0 fully saturated rings. The number of ketones is 1. The van der Waals surface area contributed by atoms with Crippen LogP contribution < -0.4 is 5.32 Å². The van der Waals surface area contributed by atoms with Gasteiger partial charge < -0.3 is 5.32 Å². The molecule has 1 aliphatic carbocycles. The van der Waals surface area contributed by atoms with E-state index in [0.29, 0.717) is 6.42 Å². The van der Waals surface area contributed by atoms with E-state index >= 15 is 0 Å². The van der Waals surface area contributed by atoms with Crippen LogP contribution in [-0.2, 0) is 10.7 Å². The molecule has 31 heavy (non-hydrogen) atoms. The first-order valence-corrected chi connectivity index (χ1v) is 10.7. The van der Waals surface area contributed by atoms with Crippen molar-refractivity contribution in [3.8, 4) is 0 Å². The van der Waals surface area contributed by atoms with Crippen LogP contribution in [0.3, 0.4) is 0 Å². The molecule has 2 aliphatic rings. The van der Waals surface area contributed by atoms with Gasteiger partial charge in [0.15, 0.2) is 5.78 Å². The molecule has 0 amide bonds. The number of carbonyl (C=O) groups is 1. The van der Waals surface area contributed by atoms with E-state index in [9.17, 15) is 13.6 Å². The summed E-state index contributed by atoms with van der Waals surface area (Å²) in [7, 11) is 0. The Morgan fingerprint density at radius 3 is 2.39 bits per heavy atom. The molecule has 1 heterocycles. The summed E-state index contributed by atoms with van der Waals surface area (Å²) in [4.78, 5) is 13.4. The summed E-state index contributed by atoms with van der Waals surface area (Å²) < 4.78 is 27.4. The van der Waals surface area contributed by atoms with Gasteiger partial charge in [-0.1, -0.05) is 68.4 Å². The van der Waals surface area contributed by atoms with Gasteiger partial charge in [-0.3, -0.25) is 4.79 Å². The number of hydrogen-bond acceptors (Lipinski definition) is 2. The molecule has 158 valence electrons. The van der Waals surface area contributed by atoms with E-state index in [4.69, 9.17) is 0 Å². The van der Waals surface area contributed by atoms with Crippen LogP contribution in [0.5, 0.6) is 0 Å². The van der Waals surface area contributed by atoms with Crippen molar-refractivity contribution >= 4 is 27.8 Å². The number of fused-ring (bicyclic) bond motifs is 4. The van der Waals surface area contributed by atoms with E-state index in [1.807, 2.05) is 12.1 Å². The minimum Gasteiger partial charge on any atom is -0.373 e. The van der Waals surface area contributed by atoms with Crippen LogP contribution in [0, 0.1) is 5.41 Å². The highest BCUT2D eigenvalue weighted by Crippen LogP contribution is 2.52. The standard InChI is InChI=1S/C27H25F2NO/c1-26(2)14-20-23-19-7-5-4-6-16(19)10-13-21(23)30-25(24(20)22(31)15-26)17-8-11-18(12-9-17)27(3,28)29/h4-13,25,30H,14-15H2,1-3H3. The Morgan fingerprint density at radius 1 is 0.968 bits per heavy atom. The van der Waals surface area contributed by atoms with Crippen molar-refractivity contribution in [3.05, 3.63) is 82.9 Å². The zero-order valence-corrected chi connectivity index (χ0v) is 17.9. The summed E-state index contributed by atoms with van der Waals surface area (Å²) in [6.45, 7) is 5.17. The quantitative estimate of drug-likeness (QED) is 0.475. The third-order valence-corrected chi connectivity index (χ3v) is 6.49. The van der Waals surface area contributed by atoms with Crippen LogP contribution in [-0.4, -0.2) is 5.78 Å². The molecule has 0 saturated heterocycles. The molecule has 0 spiro atoms. The van der Waals surface area contributed by atoms with E-state index in [0.717, 1.165) is 52.1 Å². The van der Waals surface area contributed by atoms with Crippen LogP contribution in [0.2, 0.25) is 0 Å². The van der Waals surface area contributed by atoms with Crippen LogP contribution in [0.25, 0.3) is 16.3 Å². The Morgan fingerprint density at radius 2 is 1.68 bits per heavy atom. The largest absolute Gasteiger partial charge is 0.373 e. The third kappa shape index (κ3) is 3.34. The predicted molar refractivity (Wildman–Crippen MR) is 121 cm³/mol. The maximum atomic E-state index is 13.7. The molecule has 0 bridgehead atoms. The summed E-state index contributed by atoms with van der Waals surface area (Å²) in [6.07, 6.45) is 1.29. The number of alkyl halides is 2. The maximum Gasteiger partial charge on any atom is 0.270 e. The SMILES string of the molecule is CC1(C)CC(=O)C2=C(C1)c1c(ccc3ccccc13)NC2c1ccc(C(C)(F)F)cc1. The normalized spacial score (nSPS) is 20.3. The molecule has 1 unspecified atom stereocenters. The Kier molecular flexibility index (Phi) is 4.34. The molecule has 0 saturated carbocycles. The molecule has 3 aromatic rings. The zero-order chi connectivity index (χ0) is 22.0. The van der Waals surface area contributed by atoms with Crippen molar-refractivity contribution in [1.82, 2.24) is 0 Å². The third-order valence-electron chi connectivity index (χ3n) is 6.49. The van der Waals surface area contributed by atoms with Crippen LogP contribution in [0.4, 0.5) is 14.5 Å². The summed E-state index contributed by atoms with van der Waals surface area (Å²) >= 11 is 0. The average Bonchev–Trinajstić information content (AvgIpc) is 2.71. The van der Waals surface area contributed by atoms with Gasteiger partial charge >= 0.3 is 0 Å². The highest BCUT2D eigenvalue weighted by Gasteiger charge is 2.40. The number of hydrogen-bond donors (Lipinski definition) is 1. The molecule has 1 atom stereocenters. The number of allylic oxidation sites excluding steroid dienone is 1. The smallest absolute Gasteiger partial charge is 0.270 e. The molecule has 0 aromatic heterocycles. The molecule has 2 nitrogen and oxygen atoms in total. The fraction of sp³-hybridized carbons (Fsp3) is 0.296. The zero-order valence-electron chi connectivity index (χ0n) is 17.9. The number of nitrogens with one attached hydrogen (secondary N) is 1. The topological polar surface area (TPSA) is 29.1 Å². The number of anilines is 1. The molecule has 3 aromatic carbocycles. The minimum atomic E-state index is -2.89. The minimum absolute atomic E-state index is 0.0243. The lowest BCUT2D eigenvalue weighted by Crippen LogP contribution is -2.33. The predicted octanol–water partition coefficient (Wildman–Crippen LogP) is 7.26. The van der Waals surface area contributed by atoms with Gasteiger partial charge in [0.05, 0.1) is 6.04 Å². The molecule has 1 aliphatic heterocycles. The molecular weight excluding hydrogens is 392 g/mol. The monoisotopic (exact) mass is 417 g/mol. The summed E-state index contributed by atoms with van der Waals surface area (Å²) in [5.74, 6) is -2.76. The van der Waals surface area contributed by atoms with Gasteiger partial charge in [-0.2, -0.15) is 0 Å². The summed E-state index contributed by atoms with van der Waals surface area (Å²) in [6, 6.07) is 18.4. The maximum absolute atomic E-state index is 13.7. The van der Waals surface area contributed by atoms with Crippen molar-refractivity contribution in [2.45, 2.75) is 45.6 Å². The Balaban J connectivity index is 1.72. The molecule has 4 heteroatoms. The van der Waals surface area contributed by atoms with E-state index in [2.05, 4.69) is 43.4 Å². The van der Waals surface area contributed by atoms with Crippen molar-refractivity contribution in [3.63, 3.8) is 0 Å². The van der Waals surface area contributed by atoms with Crippen molar-refractivity contribution < 1.29 is 13.6 Å². The van der Waals surface area contributed by atoms with Crippen molar-refractivity contribution in [2.75, 3.05) is 5.32 Å². The van der Waals surface area contributed by atoms with Crippen LogP contribution in [0.15, 0.2) is 66.2 Å². The van der Waals surface area contributed by atoms with Crippen molar-refractivity contribution in [1.29, 1.82) is 0 Å². The number of rotatable bonds is 2. The van der Waals surface area contributed by atoms with Crippen LogP contribution in [0.1, 0.15) is 56.3 Å². The number of benzene rings is 3. The van der Waals surface area contributed by atoms with E-state index in [1.165, 1.54) is 12.1 Å². The van der Waals surface area contributed by atoms with Gasteiger partial charge in [0.2, 0.25) is 0 Å². The Labute approximate surface area is 181 Å². The number of halogens is 2. The Bertz CT molecular complexity index is 1230. The van der Waals surface area contributed by atoms with E-state index in [-0.39, 0.29) is 22.8 Å². The average molecular weight is 417 g/mol. The first kappa shape index (κ1) is 19.9. The molecule has 0 radical (unpaired) electrons. The first-order chi connectivity index (χ1) is 14.6. The second-order valence-corrected chi connectivity index (χ2v) is 9.63. The first-order valence-electron chi connectivity index (χ1n) is 10.7. The second kappa shape index (κ2) is 6.74. The lowest BCUT2D eigenvalue weighted by atomic mass is 9.68. The van der Waals surface area contributed by atoms with Crippen molar-refractivity contribution in [2.24, 2.45) is 5.41 Å². The highest BCUT2D eigenvalue weighted by atomic mass is 19.3. The fourth-order valence-corrected chi connectivity index (χ4v) is 5.06. The number of carbonyl (C=O) groups excluding carboxylic acids is 1. The lowest BCUT2D eigenvalue weighted by molar-refractivity contribution is -0.118. The number of Topliss-reactive ketones (excluding diaryl/α,β-unsaturated/α-hetero) is 1. The van der Waals surface area contributed by atoms with Crippen LogP contribution >= 0.6 is 0 Å². The summed E-state index contributed by atoms with van der Waals surface area (Å²) in [5.41, 5.74) is 4.62. The fourth-order valence-electron chi connectivity index (χ4n) is 5.06. The van der Waals surface area contributed by atoms with E-state index < -0.39 is 5.92 Å².